The third-order valence-electron chi connectivity index (χ3n) is 5.23. The lowest BCUT2D eigenvalue weighted by Gasteiger charge is -2.35. The van der Waals surface area contributed by atoms with Gasteiger partial charge in [-0.05, 0) is 42.5 Å². The summed E-state index contributed by atoms with van der Waals surface area (Å²) in [5, 5.41) is 3.27. The number of carbonyl (C=O) groups is 2. The summed E-state index contributed by atoms with van der Waals surface area (Å²) in [5.41, 5.74) is 2.23. The maximum absolute atomic E-state index is 13.5. The van der Waals surface area contributed by atoms with Gasteiger partial charge in [-0.15, -0.1) is 0 Å². The van der Waals surface area contributed by atoms with Crippen molar-refractivity contribution in [2.75, 3.05) is 31.5 Å². The molecule has 3 aromatic carbocycles. The third kappa shape index (κ3) is 4.55. The SMILES string of the molecule is O=C(c1ccc(F)c(F)c1)N1CCN(C(=O)c2ccccc2Nc2ccccc2)CC1. The predicted molar refractivity (Wildman–Crippen MR) is 114 cm³/mol. The minimum Gasteiger partial charge on any atom is -0.355 e. The molecule has 1 saturated heterocycles. The predicted octanol–water partition coefficient (Wildman–Crippen LogP) is 4.31. The number of nitrogens with zero attached hydrogens (tertiary/aromatic N) is 2. The summed E-state index contributed by atoms with van der Waals surface area (Å²) in [7, 11) is 0. The molecule has 1 aliphatic rings. The van der Waals surface area contributed by atoms with E-state index in [-0.39, 0.29) is 17.4 Å². The van der Waals surface area contributed by atoms with Crippen LogP contribution in [0.5, 0.6) is 0 Å². The smallest absolute Gasteiger partial charge is 0.256 e. The summed E-state index contributed by atoms with van der Waals surface area (Å²) >= 11 is 0. The number of para-hydroxylation sites is 2. The number of piperazine rings is 1. The van der Waals surface area contributed by atoms with Crippen LogP contribution in [0.15, 0.2) is 72.8 Å². The molecule has 2 amide bonds. The number of hydrogen-bond donors (Lipinski definition) is 1. The Balaban J connectivity index is 1.43. The van der Waals surface area contributed by atoms with Crippen molar-refractivity contribution in [1.82, 2.24) is 9.80 Å². The summed E-state index contributed by atoms with van der Waals surface area (Å²) in [6.07, 6.45) is 0. The van der Waals surface area contributed by atoms with Gasteiger partial charge in [0, 0.05) is 37.4 Å². The number of rotatable bonds is 4. The van der Waals surface area contributed by atoms with Gasteiger partial charge in [0.1, 0.15) is 0 Å². The molecule has 1 N–H and O–H groups in total. The Hall–Kier alpha value is -3.74. The first-order valence-electron chi connectivity index (χ1n) is 9.97. The highest BCUT2D eigenvalue weighted by molar-refractivity contribution is 6.00. The third-order valence-corrected chi connectivity index (χ3v) is 5.23. The second kappa shape index (κ2) is 8.95. The van der Waals surface area contributed by atoms with Gasteiger partial charge in [0.05, 0.1) is 11.3 Å². The van der Waals surface area contributed by atoms with Gasteiger partial charge in [0.15, 0.2) is 11.6 Å². The molecule has 1 heterocycles. The Morgan fingerprint density at radius 2 is 1.32 bits per heavy atom. The molecule has 3 aromatic rings. The molecule has 0 saturated carbocycles. The van der Waals surface area contributed by atoms with E-state index in [0.29, 0.717) is 37.4 Å². The van der Waals surface area contributed by atoms with Gasteiger partial charge < -0.3 is 15.1 Å². The van der Waals surface area contributed by atoms with Crippen LogP contribution in [0, 0.1) is 11.6 Å². The highest BCUT2D eigenvalue weighted by atomic mass is 19.2. The Morgan fingerprint density at radius 1 is 0.710 bits per heavy atom. The van der Waals surface area contributed by atoms with E-state index in [1.54, 1.807) is 15.9 Å². The standard InChI is InChI=1S/C24H21F2N3O2/c25-20-11-10-17(16-21(20)26)23(30)28-12-14-29(15-13-28)24(31)19-8-4-5-9-22(19)27-18-6-2-1-3-7-18/h1-11,16,27H,12-15H2. The van der Waals surface area contributed by atoms with Crippen LogP contribution in [0.25, 0.3) is 0 Å². The maximum Gasteiger partial charge on any atom is 0.256 e. The quantitative estimate of drug-likeness (QED) is 0.683. The number of benzene rings is 3. The molecule has 0 atom stereocenters. The number of carbonyl (C=O) groups excluding carboxylic acids is 2. The van der Waals surface area contributed by atoms with E-state index in [4.69, 9.17) is 0 Å². The van der Waals surface area contributed by atoms with Crippen molar-refractivity contribution in [2.24, 2.45) is 0 Å². The van der Waals surface area contributed by atoms with Crippen molar-refractivity contribution in [3.8, 4) is 0 Å². The molecule has 0 bridgehead atoms. The highest BCUT2D eigenvalue weighted by Gasteiger charge is 2.27. The molecule has 0 aromatic heterocycles. The van der Waals surface area contributed by atoms with E-state index in [0.717, 1.165) is 17.8 Å². The molecular weight excluding hydrogens is 400 g/mol. The van der Waals surface area contributed by atoms with Gasteiger partial charge in [0.2, 0.25) is 0 Å². The van der Waals surface area contributed by atoms with Crippen molar-refractivity contribution < 1.29 is 18.4 Å². The van der Waals surface area contributed by atoms with Crippen molar-refractivity contribution in [3.63, 3.8) is 0 Å². The minimum absolute atomic E-state index is 0.0936. The molecular formula is C24H21F2N3O2. The second-order valence-corrected chi connectivity index (χ2v) is 7.25. The van der Waals surface area contributed by atoms with Gasteiger partial charge in [0.25, 0.3) is 11.8 Å². The summed E-state index contributed by atoms with van der Waals surface area (Å²) in [6, 6.07) is 20.0. The van der Waals surface area contributed by atoms with Gasteiger partial charge >= 0.3 is 0 Å². The lowest BCUT2D eigenvalue weighted by molar-refractivity contribution is 0.0535. The van der Waals surface area contributed by atoms with E-state index in [9.17, 15) is 18.4 Å². The Morgan fingerprint density at radius 3 is 2.00 bits per heavy atom. The first-order valence-corrected chi connectivity index (χ1v) is 9.97. The molecule has 0 spiro atoms. The van der Waals surface area contributed by atoms with Crippen LogP contribution < -0.4 is 5.32 Å². The van der Waals surface area contributed by atoms with Crippen LogP contribution in [-0.2, 0) is 0 Å². The van der Waals surface area contributed by atoms with Crippen LogP contribution >= 0.6 is 0 Å². The fourth-order valence-corrected chi connectivity index (χ4v) is 3.55. The normalized spacial score (nSPS) is 13.7. The lowest BCUT2D eigenvalue weighted by atomic mass is 10.1. The number of anilines is 2. The lowest BCUT2D eigenvalue weighted by Crippen LogP contribution is -2.50. The molecule has 7 heteroatoms. The van der Waals surface area contributed by atoms with Crippen molar-refractivity contribution in [2.45, 2.75) is 0 Å². The van der Waals surface area contributed by atoms with Crippen molar-refractivity contribution in [1.29, 1.82) is 0 Å². The summed E-state index contributed by atoms with van der Waals surface area (Å²) in [4.78, 5) is 29.0. The monoisotopic (exact) mass is 421 g/mol. The van der Waals surface area contributed by atoms with Crippen LogP contribution in [0.1, 0.15) is 20.7 Å². The molecule has 4 rings (SSSR count). The maximum atomic E-state index is 13.5. The van der Waals surface area contributed by atoms with Gasteiger partial charge in [-0.25, -0.2) is 8.78 Å². The fraction of sp³-hybridized carbons (Fsp3) is 0.167. The van der Waals surface area contributed by atoms with Crippen LogP contribution in [-0.4, -0.2) is 47.8 Å². The molecule has 0 radical (unpaired) electrons. The van der Waals surface area contributed by atoms with Gasteiger partial charge in [-0.1, -0.05) is 30.3 Å². The molecule has 0 aliphatic carbocycles. The van der Waals surface area contributed by atoms with Crippen LogP contribution in [0.4, 0.5) is 20.2 Å². The van der Waals surface area contributed by atoms with Crippen molar-refractivity contribution >= 4 is 23.2 Å². The van der Waals surface area contributed by atoms with E-state index in [1.165, 1.54) is 6.07 Å². The number of amides is 2. The molecule has 1 aliphatic heterocycles. The first-order chi connectivity index (χ1) is 15.0. The van der Waals surface area contributed by atoms with E-state index < -0.39 is 11.6 Å². The molecule has 31 heavy (non-hydrogen) atoms. The Kier molecular flexibility index (Phi) is 5.93. The molecule has 1 fully saturated rings. The minimum atomic E-state index is -1.05. The topological polar surface area (TPSA) is 52.7 Å². The van der Waals surface area contributed by atoms with E-state index in [1.807, 2.05) is 48.5 Å². The summed E-state index contributed by atoms with van der Waals surface area (Å²) in [6.45, 7) is 1.34. The van der Waals surface area contributed by atoms with Gasteiger partial charge in [-0.3, -0.25) is 9.59 Å². The zero-order chi connectivity index (χ0) is 21.8. The van der Waals surface area contributed by atoms with Crippen LogP contribution in [0.3, 0.4) is 0 Å². The van der Waals surface area contributed by atoms with Gasteiger partial charge in [-0.2, -0.15) is 0 Å². The summed E-state index contributed by atoms with van der Waals surface area (Å²) < 4.78 is 26.6. The molecule has 158 valence electrons. The number of hydrogen-bond acceptors (Lipinski definition) is 3. The highest BCUT2D eigenvalue weighted by Crippen LogP contribution is 2.23. The fourth-order valence-electron chi connectivity index (χ4n) is 3.55. The first kappa shape index (κ1) is 20.5. The zero-order valence-electron chi connectivity index (χ0n) is 16.7. The number of halogens is 2. The summed E-state index contributed by atoms with van der Waals surface area (Å²) in [5.74, 6) is -2.55. The molecule has 5 nitrogen and oxygen atoms in total. The van der Waals surface area contributed by atoms with Crippen LogP contribution in [0.2, 0.25) is 0 Å². The van der Waals surface area contributed by atoms with E-state index in [2.05, 4.69) is 5.32 Å². The number of nitrogens with one attached hydrogen (secondary N) is 1. The van der Waals surface area contributed by atoms with Crippen molar-refractivity contribution in [3.05, 3.63) is 95.6 Å². The second-order valence-electron chi connectivity index (χ2n) is 7.25. The molecule has 0 unspecified atom stereocenters. The average molecular weight is 421 g/mol. The Labute approximate surface area is 178 Å². The van der Waals surface area contributed by atoms with E-state index >= 15 is 0 Å². The zero-order valence-corrected chi connectivity index (χ0v) is 16.7. The average Bonchev–Trinajstić information content (AvgIpc) is 2.81. The largest absolute Gasteiger partial charge is 0.355 e. The Bertz CT molecular complexity index is 1100.